The number of rotatable bonds is 0. The summed E-state index contributed by atoms with van der Waals surface area (Å²) >= 11 is 0. The molecule has 5 rings (SSSR count). The van der Waals surface area contributed by atoms with Gasteiger partial charge in [0.1, 0.15) is 0 Å². The lowest BCUT2D eigenvalue weighted by atomic mass is 9.77. The third kappa shape index (κ3) is 1.63. The standard InChI is InChI=1S/C19H22N2/c1-12-6-7-13-11-21-9-8-15-14-4-2-3-5-17(14)20-18(15)19(21)16(13)10-12/h2-6,13,16,19-20H,7-11H2,1H3/t13-,16+,19-/m0/s1. The van der Waals surface area contributed by atoms with Crippen molar-refractivity contribution >= 4 is 10.9 Å². The first kappa shape index (κ1) is 12.0. The van der Waals surface area contributed by atoms with E-state index in [9.17, 15) is 0 Å². The lowest BCUT2D eigenvalue weighted by Gasteiger charge is -2.34. The molecule has 2 heteroatoms. The number of aromatic amines is 1. The summed E-state index contributed by atoms with van der Waals surface area (Å²) in [4.78, 5) is 6.52. The van der Waals surface area contributed by atoms with Crippen molar-refractivity contribution in [1.29, 1.82) is 0 Å². The van der Waals surface area contributed by atoms with Crippen LogP contribution in [0.15, 0.2) is 35.9 Å². The molecular formula is C19H22N2. The Balaban J connectivity index is 1.65. The number of nitrogens with one attached hydrogen (secondary N) is 1. The molecule has 1 aliphatic carbocycles. The first-order chi connectivity index (χ1) is 10.3. The van der Waals surface area contributed by atoms with Crippen molar-refractivity contribution < 1.29 is 0 Å². The number of allylic oxidation sites excluding steroid dienone is 2. The van der Waals surface area contributed by atoms with Crippen LogP contribution >= 0.6 is 0 Å². The van der Waals surface area contributed by atoms with Crippen molar-refractivity contribution in [3.05, 3.63) is 47.2 Å². The van der Waals surface area contributed by atoms with E-state index in [0.29, 0.717) is 6.04 Å². The van der Waals surface area contributed by atoms with Crippen molar-refractivity contribution in [2.45, 2.75) is 32.2 Å². The molecule has 108 valence electrons. The molecule has 1 aromatic heterocycles. The first-order valence-corrected chi connectivity index (χ1v) is 8.30. The number of H-pyrrole nitrogens is 1. The lowest BCUT2D eigenvalue weighted by Crippen LogP contribution is -2.32. The lowest BCUT2D eigenvalue weighted by molar-refractivity contribution is 0.210. The molecule has 3 heterocycles. The van der Waals surface area contributed by atoms with Gasteiger partial charge >= 0.3 is 0 Å². The molecule has 0 bridgehead atoms. The molecule has 3 aliphatic rings. The maximum Gasteiger partial charge on any atom is 0.0536 e. The average molecular weight is 278 g/mol. The second-order valence-electron chi connectivity index (χ2n) is 7.17. The Morgan fingerprint density at radius 2 is 2.14 bits per heavy atom. The summed E-state index contributed by atoms with van der Waals surface area (Å²) in [5, 5.41) is 1.46. The highest BCUT2D eigenvalue weighted by Crippen LogP contribution is 2.50. The van der Waals surface area contributed by atoms with Crippen LogP contribution in [0.25, 0.3) is 10.9 Å². The number of hydrogen-bond donors (Lipinski definition) is 1. The summed E-state index contributed by atoms with van der Waals surface area (Å²) in [5.41, 5.74) is 6.06. The van der Waals surface area contributed by atoms with E-state index >= 15 is 0 Å². The fourth-order valence-electron chi connectivity index (χ4n) is 5.04. The molecule has 2 aromatic rings. The largest absolute Gasteiger partial charge is 0.357 e. The summed E-state index contributed by atoms with van der Waals surface area (Å²) in [7, 11) is 0. The fourth-order valence-corrected chi connectivity index (χ4v) is 5.04. The van der Waals surface area contributed by atoms with Gasteiger partial charge in [0.15, 0.2) is 0 Å². The Hall–Kier alpha value is -1.54. The van der Waals surface area contributed by atoms with E-state index in [1.165, 1.54) is 48.9 Å². The van der Waals surface area contributed by atoms with Crippen LogP contribution in [0.2, 0.25) is 0 Å². The molecule has 1 saturated heterocycles. The molecular weight excluding hydrogens is 256 g/mol. The van der Waals surface area contributed by atoms with Crippen molar-refractivity contribution in [2.75, 3.05) is 13.1 Å². The predicted octanol–water partition coefficient (Wildman–Crippen LogP) is 4.05. The highest BCUT2D eigenvalue weighted by molar-refractivity contribution is 5.85. The smallest absolute Gasteiger partial charge is 0.0536 e. The van der Waals surface area contributed by atoms with Gasteiger partial charge in [0.25, 0.3) is 0 Å². The van der Waals surface area contributed by atoms with E-state index < -0.39 is 0 Å². The van der Waals surface area contributed by atoms with Gasteiger partial charge in [-0.15, -0.1) is 0 Å². The zero-order chi connectivity index (χ0) is 14.0. The number of nitrogens with zero attached hydrogens (tertiary/aromatic N) is 1. The molecule has 1 N–H and O–H groups in total. The minimum atomic E-state index is 0.634. The number of benzene rings is 1. The van der Waals surface area contributed by atoms with Crippen molar-refractivity contribution in [3.63, 3.8) is 0 Å². The Bertz CT molecular complexity index is 739. The Kier molecular flexibility index (Phi) is 2.43. The monoisotopic (exact) mass is 278 g/mol. The molecule has 2 nitrogen and oxygen atoms in total. The summed E-state index contributed by atoms with van der Waals surface area (Å²) in [6.45, 7) is 4.85. The normalized spacial score (nSPS) is 31.7. The summed E-state index contributed by atoms with van der Waals surface area (Å²) in [5.74, 6) is 1.69. The molecule has 1 fully saturated rings. The Labute approximate surface area is 125 Å². The van der Waals surface area contributed by atoms with Crippen LogP contribution in [0.1, 0.15) is 37.1 Å². The molecule has 21 heavy (non-hydrogen) atoms. The van der Waals surface area contributed by atoms with Crippen LogP contribution in [0.3, 0.4) is 0 Å². The summed E-state index contributed by atoms with van der Waals surface area (Å²) in [6.07, 6.45) is 6.27. The zero-order valence-corrected chi connectivity index (χ0v) is 12.6. The van der Waals surface area contributed by atoms with Gasteiger partial charge in [-0.3, -0.25) is 4.90 Å². The van der Waals surface area contributed by atoms with Crippen LogP contribution in [-0.4, -0.2) is 23.0 Å². The molecule has 0 amide bonds. The highest BCUT2D eigenvalue weighted by Gasteiger charge is 2.46. The van der Waals surface area contributed by atoms with Crippen LogP contribution < -0.4 is 0 Å². The van der Waals surface area contributed by atoms with Crippen molar-refractivity contribution in [2.24, 2.45) is 11.8 Å². The van der Waals surface area contributed by atoms with Gasteiger partial charge in [0.05, 0.1) is 6.04 Å². The van der Waals surface area contributed by atoms with Gasteiger partial charge in [-0.1, -0.05) is 29.8 Å². The molecule has 0 radical (unpaired) electrons. The molecule has 3 atom stereocenters. The van der Waals surface area contributed by atoms with Crippen LogP contribution in [0.5, 0.6) is 0 Å². The molecule has 1 aromatic carbocycles. The molecule has 0 unspecified atom stereocenters. The van der Waals surface area contributed by atoms with E-state index in [2.05, 4.69) is 47.1 Å². The van der Waals surface area contributed by atoms with E-state index in [4.69, 9.17) is 0 Å². The summed E-state index contributed by atoms with van der Waals surface area (Å²) < 4.78 is 0. The third-order valence-corrected chi connectivity index (χ3v) is 5.99. The second-order valence-corrected chi connectivity index (χ2v) is 7.17. The summed E-state index contributed by atoms with van der Waals surface area (Å²) in [6, 6.07) is 9.48. The predicted molar refractivity (Wildman–Crippen MR) is 86.3 cm³/mol. The van der Waals surface area contributed by atoms with E-state index in [1.54, 1.807) is 11.1 Å². The van der Waals surface area contributed by atoms with Gasteiger partial charge in [0.2, 0.25) is 0 Å². The van der Waals surface area contributed by atoms with E-state index in [0.717, 1.165) is 11.8 Å². The zero-order valence-electron chi connectivity index (χ0n) is 12.6. The van der Waals surface area contributed by atoms with Gasteiger partial charge in [-0.25, -0.2) is 0 Å². The number of fused-ring (bicyclic) bond motifs is 7. The maximum atomic E-state index is 3.77. The van der Waals surface area contributed by atoms with Gasteiger partial charge < -0.3 is 4.98 Å². The first-order valence-electron chi connectivity index (χ1n) is 8.30. The van der Waals surface area contributed by atoms with Crippen molar-refractivity contribution in [1.82, 2.24) is 9.88 Å². The SMILES string of the molecule is CC1=CC[C@H]2CN3CCc4c([nH]c5ccccc45)[C@@H]3[C@@H]2C1. The minimum Gasteiger partial charge on any atom is -0.357 e. The van der Waals surface area contributed by atoms with E-state index in [-0.39, 0.29) is 0 Å². The fraction of sp³-hybridized carbons (Fsp3) is 0.474. The Morgan fingerprint density at radius 3 is 3.10 bits per heavy atom. The number of para-hydroxylation sites is 1. The van der Waals surface area contributed by atoms with Gasteiger partial charge in [0, 0.05) is 29.7 Å². The quantitative estimate of drug-likeness (QED) is 0.720. The maximum absolute atomic E-state index is 3.77. The topological polar surface area (TPSA) is 19.0 Å². The van der Waals surface area contributed by atoms with Crippen LogP contribution in [0, 0.1) is 11.8 Å². The number of aromatic nitrogens is 1. The molecule has 0 saturated carbocycles. The highest BCUT2D eigenvalue weighted by atomic mass is 15.2. The number of hydrogen-bond acceptors (Lipinski definition) is 1. The van der Waals surface area contributed by atoms with Crippen LogP contribution in [0.4, 0.5) is 0 Å². The van der Waals surface area contributed by atoms with Crippen LogP contribution in [-0.2, 0) is 6.42 Å². The molecule has 0 spiro atoms. The van der Waals surface area contributed by atoms with Gasteiger partial charge in [-0.05, 0) is 49.7 Å². The molecule has 2 aliphatic heterocycles. The van der Waals surface area contributed by atoms with Crippen molar-refractivity contribution in [3.8, 4) is 0 Å². The average Bonchev–Trinajstić information content (AvgIpc) is 3.04. The van der Waals surface area contributed by atoms with Gasteiger partial charge in [-0.2, -0.15) is 0 Å². The second kappa shape index (κ2) is 4.23. The van der Waals surface area contributed by atoms with E-state index in [1.807, 2.05) is 0 Å². The third-order valence-electron chi connectivity index (χ3n) is 5.99. The minimum absolute atomic E-state index is 0.634. The Morgan fingerprint density at radius 1 is 1.24 bits per heavy atom.